The van der Waals surface area contributed by atoms with Crippen LogP contribution in [-0.4, -0.2) is 8.42 Å². The van der Waals surface area contributed by atoms with Crippen molar-refractivity contribution in [3.63, 3.8) is 0 Å². The summed E-state index contributed by atoms with van der Waals surface area (Å²) in [6.45, 7) is 3.92. The van der Waals surface area contributed by atoms with Gasteiger partial charge in [0.05, 0.1) is 5.75 Å². The molecule has 0 radical (unpaired) electrons. The summed E-state index contributed by atoms with van der Waals surface area (Å²) in [5, 5.41) is 0. The summed E-state index contributed by atoms with van der Waals surface area (Å²) in [7, 11) is -3.49. The molecule has 0 aliphatic rings. The zero-order valence-electron chi connectivity index (χ0n) is 12.7. The van der Waals surface area contributed by atoms with Crippen LogP contribution in [0.1, 0.15) is 36.1 Å². The molecule has 118 valence electrons. The van der Waals surface area contributed by atoms with Crippen LogP contribution < -0.4 is 4.72 Å². The van der Waals surface area contributed by atoms with Gasteiger partial charge >= 0.3 is 0 Å². The number of halogens is 1. The van der Waals surface area contributed by atoms with Crippen LogP contribution in [-0.2, 0) is 15.8 Å². The molecule has 3 nitrogen and oxygen atoms in total. The van der Waals surface area contributed by atoms with E-state index in [1.54, 1.807) is 0 Å². The van der Waals surface area contributed by atoms with Gasteiger partial charge in [0.2, 0.25) is 10.0 Å². The fraction of sp³-hybridized carbons (Fsp3) is 0.294. The third-order valence-corrected chi connectivity index (χ3v) is 4.84. The lowest BCUT2D eigenvalue weighted by molar-refractivity contribution is 0.549. The standard InChI is InChI=1S/C17H20FNO2S/c1-3-17(15-8-4-13(2)5-9-15)19-22(20,21)12-14-6-10-16(18)11-7-14/h4-11,17,19H,3,12H2,1-2H3/t17-/m1/s1. The highest BCUT2D eigenvalue weighted by Gasteiger charge is 2.18. The molecule has 2 aromatic rings. The number of sulfonamides is 1. The summed E-state index contributed by atoms with van der Waals surface area (Å²) < 4.78 is 40.2. The van der Waals surface area contributed by atoms with Gasteiger partial charge in [-0.15, -0.1) is 0 Å². The number of hydrogen-bond acceptors (Lipinski definition) is 2. The van der Waals surface area contributed by atoms with Crippen molar-refractivity contribution < 1.29 is 12.8 Å². The Hall–Kier alpha value is -1.72. The molecule has 0 aromatic heterocycles. The van der Waals surface area contributed by atoms with Gasteiger partial charge in [-0.2, -0.15) is 0 Å². The Morgan fingerprint density at radius 3 is 2.18 bits per heavy atom. The summed E-state index contributed by atoms with van der Waals surface area (Å²) in [5.41, 5.74) is 2.64. The second-order valence-corrected chi connectivity index (χ2v) is 7.13. The van der Waals surface area contributed by atoms with Crippen molar-refractivity contribution in [2.75, 3.05) is 0 Å². The zero-order valence-corrected chi connectivity index (χ0v) is 13.5. The van der Waals surface area contributed by atoms with Crippen LogP contribution in [0.2, 0.25) is 0 Å². The van der Waals surface area contributed by atoms with Gasteiger partial charge < -0.3 is 0 Å². The van der Waals surface area contributed by atoms with E-state index in [1.807, 2.05) is 38.1 Å². The van der Waals surface area contributed by atoms with E-state index in [4.69, 9.17) is 0 Å². The van der Waals surface area contributed by atoms with Crippen molar-refractivity contribution >= 4 is 10.0 Å². The van der Waals surface area contributed by atoms with Crippen LogP contribution in [0.3, 0.4) is 0 Å². The van der Waals surface area contributed by atoms with E-state index in [2.05, 4.69) is 4.72 Å². The van der Waals surface area contributed by atoms with E-state index < -0.39 is 10.0 Å². The summed E-state index contributed by atoms with van der Waals surface area (Å²) in [6, 6.07) is 13.0. The quantitative estimate of drug-likeness (QED) is 0.881. The molecule has 0 unspecified atom stereocenters. The monoisotopic (exact) mass is 321 g/mol. The molecule has 1 N–H and O–H groups in total. The minimum atomic E-state index is -3.49. The number of nitrogens with one attached hydrogen (secondary N) is 1. The van der Waals surface area contributed by atoms with Gasteiger partial charge in [0.15, 0.2) is 0 Å². The molecule has 0 aliphatic heterocycles. The second kappa shape index (κ2) is 7.03. The molecule has 0 heterocycles. The Morgan fingerprint density at radius 1 is 1.05 bits per heavy atom. The van der Waals surface area contributed by atoms with Crippen LogP contribution in [0, 0.1) is 12.7 Å². The predicted molar refractivity (Wildman–Crippen MR) is 86.4 cm³/mol. The first-order valence-corrected chi connectivity index (χ1v) is 8.86. The molecule has 2 rings (SSSR count). The van der Waals surface area contributed by atoms with Gasteiger partial charge in [0.25, 0.3) is 0 Å². The highest BCUT2D eigenvalue weighted by atomic mass is 32.2. The second-order valence-electron chi connectivity index (χ2n) is 5.37. The molecular weight excluding hydrogens is 301 g/mol. The highest BCUT2D eigenvalue weighted by Crippen LogP contribution is 2.19. The number of benzene rings is 2. The van der Waals surface area contributed by atoms with Gasteiger partial charge in [-0.25, -0.2) is 17.5 Å². The average molecular weight is 321 g/mol. The van der Waals surface area contributed by atoms with Crippen molar-refractivity contribution in [3.8, 4) is 0 Å². The zero-order chi connectivity index (χ0) is 16.2. The molecule has 0 saturated heterocycles. The maximum Gasteiger partial charge on any atom is 0.216 e. The van der Waals surface area contributed by atoms with Gasteiger partial charge in [0, 0.05) is 6.04 Å². The molecule has 0 amide bonds. The minimum Gasteiger partial charge on any atom is -0.212 e. The molecular formula is C17H20FNO2S. The average Bonchev–Trinajstić information content (AvgIpc) is 2.48. The van der Waals surface area contributed by atoms with Gasteiger partial charge in [-0.3, -0.25) is 0 Å². The smallest absolute Gasteiger partial charge is 0.212 e. The molecule has 0 spiro atoms. The first-order chi connectivity index (χ1) is 10.4. The predicted octanol–water partition coefficient (Wildman–Crippen LogP) is 3.70. The fourth-order valence-corrected chi connectivity index (χ4v) is 3.70. The van der Waals surface area contributed by atoms with Gasteiger partial charge in [-0.1, -0.05) is 48.9 Å². The van der Waals surface area contributed by atoms with Gasteiger partial charge in [-0.05, 0) is 36.6 Å². The summed E-state index contributed by atoms with van der Waals surface area (Å²) in [6.07, 6.45) is 0.658. The summed E-state index contributed by atoms with van der Waals surface area (Å²) >= 11 is 0. The number of rotatable bonds is 6. The van der Waals surface area contributed by atoms with Crippen LogP contribution in [0.4, 0.5) is 4.39 Å². The number of hydrogen-bond donors (Lipinski definition) is 1. The lowest BCUT2D eigenvalue weighted by atomic mass is 10.0. The molecule has 0 saturated carbocycles. The van der Waals surface area contributed by atoms with E-state index in [1.165, 1.54) is 24.3 Å². The van der Waals surface area contributed by atoms with Crippen molar-refractivity contribution in [1.29, 1.82) is 0 Å². The molecule has 0 aliphatic carbocycles. The Bertz CT molecular complexity index is 709. The highest BCUT2D eigenvalue weighted by molar-refractivity contribution is 7.88. The molecule has 1 atom stereocenters. The molecule has 22 heavy (non-hydrogen) atoms. The SMILES string of the molecule is CC[C@@H](NS(=O)(=O)Cc1ccc(F)cc1)c1ccc(C)cc1. The van der Waals surface area contributed by atoms with Crippen molar-refractivity contribution in [1.82, 2.24) is 4.72 Å². The van der Waals surface area contributed by atoms with Crippen molar-refractivity contribution in [3.05, 3.63) is 71.0 Å². The Labute approximate surface area is 131 Å². The Morgan fingerprint density at radius 2 is 1.64 bits per heavy atom. The molecule has 0 fully saturated rings. The van der Waals surface area contributed by atoms with Crippen LogP contribution in [0.5, 0.6) is 0 Å². The van der Waals surface area contributed by atoms with E-state index in [9.17, 15) is 12.8 Å². The van der Waals surface area contributed by atoms with Crippen LogP contribution in [0.25, 0.3) is 0 Å². The molecule has 2 aromatic carbocycles. The Balaban J connectivity index is 2.11. The normalized spacial score (nSPS) is 13.0. The summed E-state index contributed by atoms with van der Waals surface area (Å²) in [4.78, 5) is 0. The van der Waals surface area contributed by atoms with E-state index in [-0.39, 0.29) is 17.6 Å². The van der Waals surface area contributed by atoms with E-state index >= 15 is 0 Å². The largest absolute Gasteiger partial charge is 0.216 e. The minimum absolute atomic E-state index is 0.157. The fourth-order valence-electron chi connectivity index (χ4n) is 2.24. The van der Waals surface area contributed by atoms with Crippen molar-refractivity contribution in [2.45, 2.75) is 32.1 Å². The molecule has 5 heteroatoms. The maximum atomic E-state index is 12.9. The molecule has 0 bridgehead atoms. The summed E-state index contributed by atoms with van der Waals surface area (Å²) in [5.74, 6) is -0.532. The van der Waals surface area contributed by atoms with Crippen molar-refractivity contribution in [2.24, 2.45) is 0 Å². The number of aryl methyl sites for hydroxylation is 1. The van der Waals surface area contributed by atoms with Crippen LogP contribution in [0.15, 0.2) is 48.5 Å². The third kappa shape index (κ3) is 4.64. The van der Waals surface area contributed by atoms with Crippen LogP contribution >= 0.6 is 0 Å². The van der Waals surface area contributed by atoms with E-state index in [0.29, 0.717) is 12.0 Å². The lowest BCUT2D eigenvalue weighted by Gasteiger charge is -2.18. The Kier molecular flexibility index (Phi) is 5.32. The first-order valence-electron chi connectivity index (χ1n) is 7.20. The first kappa shape index (κ1) is 16.6. The van der Waals surface area contributed by atoms with Gasteiger partial charge in [0.1, 0.15) is 5.82 Å². The van der Waals surface area contributed by atoms with E-state index in [0.717, 1.165) is 11.1 Å². The lowest BCUT2D eigenvalue weighted by Crippen LogP contribution is -2.29. The maximum absolute atomic E-state index is 12.9. The topological polar surface area (TPSA) is 46.2 Å². The third-order valence-electron chi connectivity index (χ3n) is 3.48.